The first kappa shape index (κ1) is 23.7. The molecular formula is C23H19ClN2O7. The average molecular weight is 471 g/mol. The molecule has 0 bridgehead atoms. The Balaban J connectivity index is 1.73. The maximum absolute atomic E-state index is 12.5. The molecule has 0 unspecified atom stereocenters. The number of anilines is 1. The molecule has 1 aromatic heterocycles. The van der Waals surface area contributed by atoms with Crippen molar-refractivity contribution < 1.29 is 33.4 Å². The molecule has 170 valence electrons. The van der Waals surface area contributed by atoms with Gasteiger partial charge in [-0.15, -0.1) is 0 Å². The van der Waals surface area contributed by atoms with Gasteiger partial charge in [0, 0.05) is 16.1 Å². The van der Waals surface area contributed by atoms with E-state index < -0.39 is 30.4 Å². The zero-order chi connectivity index (χ0) is 24.1. The monoisotopic (exact) mass is 470 g/mol. The molecule has 0 saturated carbocycles. The summed E-state index contributed by atoms with van der Waals surface area (Å²) in [5, 5.41) is 3.62. The number of hydrogen-bond donors (Lipinski definition) is 1. The standard InChI is InChI=1S/C23H19ClN2O7/c1-12-18(10-13-7-16(24)4-5-19(13)25-12)23(30)33-11-20(27)26-17-8-14(21(28)31-2)6-15(9-17)22(29)32-3/h4-10H,11H2,1-3H3,(H,26,27). The van der Waals surface area contributed by atoms with Crippen LogP contribution in [0.2, 0.25) is 5.02 Å². The highest BCUT2D eigenvalue weighted by Gasteiger charge is 2.17. The smallest absolute Gasteiger partial charge is 0.340 e. The van der Waals surface area contributed by atoms with Gasteiger partial charge in [-0.3, -0.25) is 9.78 Å². The molecule has 2 aromatic carbocycles. The number of carbonyl (C=O) groups excluding carboxylic acids is 4. The van der Waals surface area contributed by atoms with Gasteiger partial charge in [0.1, 0.15) is 0 Å². The van der Waals surface area contributed by atoms with E-state index in [0.29, 0.717) is 21.6 Å². The number of benzene rings is 2. The highest BCUT2D eigenvalue weighted by Crippen LogP contribution is 2.21. The lowest BCUT2D eigenvalue weighted by Crippen LogP contribution is -2.22. The summed E-state index contributed by atoms with van der Waals surface area (Å²) in [6.07, 6.45) is 0. The largest absolute Gasteiger partial charge is 0.465 e. The Hall–Kier alpha value is -3.98. The topological polar surface area (TPSA) is 121 Å². The number of aromatic nitrogens is 1. The van der Waals surface area contributed by atoms with Gasteiger partial charge in [-0.25, -0.2) is 14.4 Å². The summed E-state index contributed by atoms with van der Waals surface area (Å²) in [7, 11) is 2.37. The van der Waals surface area contributed by atoms with E-state index in [1.54, 1.807) is 31.2 Å². The van der Waals surface area contributed by atoms with Crippen LogP contribution in [0.1, 0.15) is 36.8 Å². The molecule has 3 aromatic rings. The summed E-state index contributed by atoms with van der Waals surface area (Å²) < 4.78 is 14.4. The zero-order valence-corrected chi connectivity index (χ0v) is 18.7. The third-order valence-corrected chi connectivity index (χ3v) is 4.82. The van der Waals surface area contributed by atoms with Gasteiger partial charge in [0.25, 0.3) is 5.91 Å². The Labute approximate surface area is 193 Å². The number of amides is 1. The van der Waals surface area contributed by atoms with Crippen molar-refractivity contribution in [2.45, 2.75) is 6.92 Å². The van der Waals surface area contributed by atoms with Crippen LogP contribution in [-0.2, 0) is 19.0 Å². The molecule has 9 nitrogen and oxygen atoms in total. The second-order valence-corrected chi connectivity index (χ2v) is 7.30. The third kappa shape index (κ3) is 5.64. The van der Waals surface area contributed by atoms with Crippen molar-refractivity contribution in [2.24, 2.45) is 0 Å². The van der Waals surface area contributed by atoms with Gasteiger partial charge in [0.15, 0.2) is 6.61 Å². The minimum atomic E-state index is -0.740. The SMILES string of the molecule is COC(=O)c1cc(NC(=O)COC(=O)c2cc3cc(Cl)ccc3nc2C)cc(C(=O)OC)c1. The van der Waals surface area contributed by atoms with Crippen LogP contribution in [0.5, 0.6) is 0 Å². The molecule has 0 aliphatic carbocycles. The molecule has 0 radical (unpaired) electrons. The van der Waals surface area contributed by atoms with Gasteiger partial charge in [0.2, 0.25) is 0 Å². The Morgan fingerprint density at radius 1 is 0.909 bits per heavy atom. The molecule has 1 N–H and O–H groups in total. The Morgan fingerprint density at radius 2 is 1.55 bits per heavy atom. The fraction of sp³-hybridized carbons (Fsp3) is 0.174. The number of pyridine rings is 1. The number of ether oxygens (including phenoxy) is 3. The van der Waals surface area contributed by atoms with Crippen LogP contribution in [0.4, 0.5) is 5.69 Å². The van der Waals surface area contributed by atoms with Crippen molar-refractivity contribution in [3.63, 3.8) is 0 Å². The summed E-state index contributed by atoms with van der Waals surface area (Å²) in [6, 6.07) is 10.6. The third-order valence-electron chi connectivity index (χ3n) is 4.58. The van der Waals surface area contributed by atoms with Crippen molar-refractivity contribution in [1.82, 2.24) is 4.98 Å². The Morgan fingerprint density at radius 3 is 2.15 bits per heavy atom. The quantitative estimate of drug-likeness (QED) is 0.428. The fourth-order valence-electron chi connectivity index (χ4n) is 3.03. The first-order valence-corrected chi connectivity index (χ1v) is 9.95. The van der Waals surface area contributed by atoms with Crippen LogP contribution < -0.4 is 5.32 Å². The molecule has 3 rings (SSSR count). The highest BCUT2D eigenvalue weighted by molar-refractivity contribution is 6.31. The van der Waals surface area contributed by atoms with E-state index in [9.17, 15) is 19.2 Å². The maximum Gasteiger partial charge on any atom is 0.340 e. The number of fused-ring (bicyclic) bond motifs is 1. The second-order valence-electron chi connectivity index (χ2n) is 6.86. The van der Waals surface area contributed by atoms with Crippen molar-refractivity contribution in [3.8, 4) is 0 Å². The fourth-order valence-corrected chi connectivity index (χ4v) is 3.21. The van der Waals surface area contributed by atoms with E-state index in [1.165, 1.54) is 32.4 Å². The number of carbonyl (C=O) groups is 4. The van der Waals surface area contributed by atoms with E-state index in [2.05, 4.69) is 19.8 Å². The van der Waals surface area contributed by atoms with Crippen molar-refractivity contribution >= 4 is 52.0 Å². The molecule has 0 saturated heterocycles. The molecule has 0 aliphatic heterocycles. The van der Waals surface area contributed by atoms with Crippen LogP contribution in [0.15, 0.2) is 42.5 Å². The van der Waals surface area contributed by atoms with E-state index in [-0.39, 0.29) is 22.4 Å². The van der Waals surface area contributed by atoms with E-state index in [0.717, 1.165) is 0 Å². The van der Waals surface area contributed by atoms with E-state index >= 15 is 0 Å². The van der Waals surface area contributed by atoms with Crippen LogP contribution >= 0.6 is 11.6 Å². The summed E-state index contributed by atoms with van der Waals surface area (Å²) >= 11 is 6.00. The summed E-state index contributed by atoms with van der Waals surface area (Å²) in [6.45, 7) is 1.04. The number of esters is 3. The molecule has 0 spiro atoms. The molecule has 33 heavy (non-hydrogen) atoms. The molecule has 1 amide bonds. The first-order chi connectivity index (χ1) is 15.7. The molecule has 0 fully saturated rings. The van der Waals surface area contributed by atoms with Crippen molar-refractivity contribution in [2.75, 3.05) is 26.1 Å². The molecule has 1 heterocycles. The predicted octanol–water partition coefficient (Wildman–Crippen LogP) is 3.57. The number of nitrogens with one attached hydrogen (secondary N) is 1. The van der Waals surface area contributed by atoms with Crippen LogP contribution in [-0.4, -0.2) is 49.6 Å². The normalized spacial score (nSPS) is 10.4. The molecule has 10 heteroatoms. The maximum atomic E-state index is 12.5. The van der Waals surface area contributed by atoms with Gasteiger partial charge in [-0.05, 0) is 49.4 Å². The number of hydrogen-bond acceptors (Lipinski definition) is 8. The zero-order valence-electron chi connectivity index (χ0n) is 17.9. The Bertz CT molecular complexity index is 1240. The van der Waals surface area contributed by atoms with Crippen LogP contribution in [0.3, 0.4) is 0 Å². The highest BCUT2D eigenvalue weighted by atomic mass is 35.5. The van der Waals surface area contributed by atoms with E-state index in [1.807, 2.05) is 0 Å². The van der Waals surface area contributed by atoms with Gasteiger partial charge in [-0.1, -0.05) is 11.6 Å². The lowest BCUT2D eigenvalue weighted by molar-refractivity contribution is -0.119. The number of nitrogens with zero attached hydrogens (tertiary/aromatic N) is 1. The second kappa shape index (κ2) is 10.1. The van der Waals surface area contributed by atoms with Gasteiger partial charge >= 0.3 is 17.9 Å². The lowest BCUT2D eigenvalue weighted by atomic mass is 10.1. The Kier molecular flexibility index (Phi) is 7.24. The van der Waals surface area contributed by atoms with Gasteiger partial charge in [0.05, 0.1) is 42.1 Å². The van der Waals surface area contributed by atoms with E-state index in [4.69, 9.17) is 16.3 Å². The molecule has 0 atom stereocenters. The summed E-state index contributed by atoms with van der Waals surface area (Å²) in [5.74, 6) is -2.84. The minimum Gasteiger partial charge on any atom is -0.465 e. The molecular weight excluding hydrogens is 452 g/mol. The number of halogens is 1. The van der Waals surface area contributed by atoms with Gasteiger partial charge < -0.3 is 19.5 Å². The predicted molar refractivity (Wildman–Crippen MR) is 120 cm³/mol. The van der Waals surface area contributed by atoms with Crippen LogP contribution in [0, 0.1) is 6.92 Å². The number of rotatable bonds is 6. The lowest BCUT2D eigenvalue weighted by Gasteiger charge is -2.11. The number of aryl methyl sites for hydroxylation is 1. The number of methoxy groups -OCH3 is 2. The average Bonchev–Trinajstić information content (AvgIpc) is 2.80. The van der Waals surface area contributed by atoms with Gasteiger partial charge in [-0.2, -0.15) is 0 Å². The first-order valence-electron chi connectivity index (χ1n) is 9.57. The molecule has 0 aliphatic rings. The minimum absolute atomic E-state index is 0.0317. The van der Waals surface area contributed by atoms with Crippen LogP contribution in [0.25, 0.3) is 10.9 Å². The van der Waals surface area contributed by atoms with Crippen molar-refractivity contribution in [3.05, 3.63) is 69.9 Å². The summed E-state index contributed by atoms with van der Waals surface area (Å²) in [5.41, 5.74) is 1.48. The van der Waals surface area contributed by atoms with Crippen molar-refractivity contribution in [1.29, 1.82) is 0 Å². The summed E-state index contributed by atoms with van der Waals surface area (Å²) in [4.78, 5) is 52.9.